The summed E-state index contributed by atoms with van der Waals surface area (Å²) in [5.74, 6) is -0.771. The average molecular weight is 241 g/mol. The first-order chi connectivity index (χ1) is 5.66. The molecule has 72 valence electrons. The fourth-order valence-corrected chi connectivity index (χ4v) is 1.22. The van der Waals surface area contributed by atoms with E-state index in [1.165, 1.54) is 0 Å². The maximum atomic E-state index is 12.6. The minimum absolute atomic E-state index is 0.200. The first kappa shape index (κ1) is 11.9. The van der Waals surface area contributed by atoms with Gasteiger partial charge in [-0.25, -0.2) is 4.39 Å². The van der Waals surface area contributed by atoms with E-state index in [1.54, 1.807) is 0 Å². The maximum Gasteiger partial charge on any atom is 0.303 e. The summed E-state index contributed by atoms with van der Waals surface area (Å²) in [7, 11) is 0. The Balaban J connectivity index is 3.05. The summed E-state index contributed by atoms with van der Waals surface area (Å²) in [5.41, 5.74) is 0. The molecule has 12 heavy (non-hydrogen) atoms. The van der Waals surface area contributed by atoms with Gasteiger partial charge in [-0.3, -0.25) is 4.79 Å². The summed E-state index contributed by atoms with van der Waals surface area (Å²) in [4.78, 5) is 10.1. The SMILES string of the molecule is O=C(O)CCCCCC(F)CBr. The monoisotopic (exact) mass is 240 g/mol. The van der Waals surface area contributed by atoms with Gasteiger partial charge >= 0.3 is 5.97 Å². The number of carboxylic acids is 1. The lowest BCUT2D eigenvalue weighted by atomic mass is 10.1. The first-order valence-electron chi connectivity index (χ1n) is 4.08. The topological polar surface area (TPSA) is 37.3 Å². The normalized spacial score (nSPS) is 12.8. The fraction of sp³-hybridized carbons (Fsp3) is 0.875. The molecule has 0 aromatic rings. The molecular weight excluding hydrogens is 227 g/mol. The highest BCUT2D eigenvalue weighted by molar-refractivity contribution is 9.09. The predicted molar refractivity (Wildman–Crippen MR) is 49.4 cm³/mol. The zero-order valence-corrected chi connectivity index (χ0v) is 8.52. The van der Waals surface area contributed by atoms with Crippen LogP contribution in [-0.4, -0.2) is 22.6 Å². The van der Waals surface area contributed by atoms with Crippen molar-refractivity contribution in [3.8, 4) is 0 Å². The lowest BCUT2D eigenvalue weighted by Gasteiger charge is -2.02. The number of alkyl halides is 2. The predicted octanol–water partition coefficient (Wildman–Crippen LogP) is 2.75. The van der Waals surface area contributed by atoms with E-state index in [9.17, 15) is 9.18 Å². The van der Waals surface area contributed by atoms with E-state index in [-0.39, 0.29) is 6.42 Å². The second-order valence-electron chi connectivity index (χ2n) is 2.74. The molecule has 4 heteroatoms. The van der Waals surface area contributed by atoms with Crippen molar-refractivity contribution >= 4 is 21.9 Å². The van der Waals surface area contributed by atoms with Crippen LogP contribution >= 0.6 is 15.9 Å². The number of carboxylic acid groups (broad SMARTS) is 1. The van der Waals surface area contributed by atoms with E-state index < -0.39 is 12.1 Å². The Morgan fingerprint density at radius 1 is 1.42 bits per heavy atom. The van der Waals surface area contributed by atoms with Crippen LogP contribution in [0.4, 0.5) is 4.39 Å². The number of carbonyl (C=O) groups is 1. The van der Waals surface area contributed by atoms with Crippen LogP contribution in [0.5, 0.6) is 0 Å². The fourth-order valence-electron chi connectivity index (χ4n) is 0.896. The molecule has 0 bridgehead atoms. The molecule has 0 heterocycles. The van der Waals surface area contributed by atoms with Gasteiger partial charge in [-0.2, -0.15) is 0 Å². The molecular formula is C8H14BrFO2. The number of aliphatic carboxylic acids is 1. The van der Waals surface area contributed by atoms with Gasteiger partial charge in [0.1, 0.15) is 6.17 Å². The molecule has 1 atom stereocenters. The van der Waals surface area contributed by atoms with Gasteiger partial charge in [0.15, 0.2) is 0 Å². The Bertz CT molecular complexity index is 130. The molecule has 0 spiro atoms. The van der Waals surface area contributed by atoms with Gasteiger partial charge in [0, 0.05) is 11.8 Å². The average Bonchev–Trinajstić information content (AvgIpc) is 2.03. The van der Waals surface area contributed by atoms with Crippen LogP contribution in [0.3, 0.4) is 0 Å². The van der Waals surface area contributed by atoms with E-state index in [2.05, 4.69) is 15.9 Å². The van der Waals surface area contributed by atoms with Crippen LogP contribution in [0.1, 0.15) is 32.1 Å². The van der Waals surface area contributed by atoms with Crippen molar-refractivity contribution in [3.05, 3.63) is 0 Å². The molecule has 0 aromatic carbocycles. The zero-order chi connectivity index (χ0) is 9.40. The van der Waals surface area contributed by atoms with Crippen molar-refractivity contribution in [1.82, 2.24) is 0 Å². The molecule has 0 aliphatic carbocycles. The highest BCUT2D eigenvalue weighted by Crippen LogP contribution is 2.09. The minimum Gasteiger partial charge on any atom is -0.481 e. The van der Waals surface area contributed by atoms with Crippen LogP contribution in [-0.2, 0) is 4.79 Å². The Morgan fingerprint density at radius 2 is 2.08 bits per heavy atom. The van der Waals surface area contributed by atoms with Crippen LogP contribution < -0.4 is 0 Å². The van der Waals surface area contributed by atoms with Crippen molar-refractivity contribution in [3.63, 3.8) is 0 Å². The van der Waals surface area contributed by atoms with Gasteiger partial charge in [0.05, 0.1) is 0 Å². The molecule has 2 nitrogen and oxygen atoms in total. The lowest BCUT2D eigenvalue weighted by Crippen LogP contribution is -2.01. The summed E-state index contributed by atoms with van der Waals surface area (Å²) < 4.78 is 12.6. The number of rotatable bonds is 7. The standard InChI is InChI=1S/C8H14BrFO2/c9-6-7(10)4-2-1-3-5-8(11)12/h7H,1-6H2,(H,11,12). The zero-order valence-electron chi connectivity index (χ0n) is 6.93. The van der Waals surface area contributed by atoms with Crippen LogP contribution in [0, 0.1) is 0 Å². The second-order valence-corrected chi connectivity index (χ2v) is 3.39. The van der Waals surface area contributed by atoms with E-state index in [0.717, 1.165) is 12.8 Å². The van der Waals surface area contributed by atoms with Crippen molar-refractivity contribution < 1.29 is 14.3 Å². The van der Waals surface area contributed by atoms with E-state index in [1.807, 2.05) is 0 Å². The Morgan fingerprint density at radius 3 is 2.58 bits per heavy atom. The van der Waals surface area contributed by atoms with Gasteiger partial charge in [0.25, 0.3) is 0 Å². The van der Waals surface area contributed by atoms with Crippen molar-refractivity contribution in [2.45, 2.75) is 38.3 Å². The number of unbranched alkanes of at least 4 members (excludes halogenated alkanes) is 2. The van der Waals surface area contributed by atoms with Crippen LogP contribution in [0.2, 0.25) is 0 Å². The summed E-state index contributed by atoms with van der Waals surface area (Å²) >= 11 is 3.04. The molecule has 0 fully saturated rings. The molecule has 0 radical (unpaired) electrons. The third-order valence-electron chi connectivity index (χ3n) is 1.58. The highest BCUT2D eigenvalue weighted by Gasteiger charge is 2.03. The molecule has 1 unspecified atom stereocenters. The summed E-state index contributed by atoms with van der Waals surface area (Å²) in [6.45, 7) is 0. The Labute approximate surface area is 80.3 Å². The molecule has 0 saturated carbocycles. The van der Waals surface area contributed by atoms with Gasteiger partial charge in [-0.1, -0.05) is 28.8 Å². The number of hydrogen-bond acceptors (Lipinski definition) is 1. The second kappa shape index (κ2) is 7.53. The third-order valence-corrected chi connectivity index (χ3v) is 2.28. The van der Waals surface area contributed by atoms with Gasteiger partial charge in [-0.15, -0.1) is 0 Å². The quantitative estimate of drug-likeness (QED) is 0.549. The number of hydrogen-bond donors (Lipinski definition) is 1. The van der Waals surface area contributed by atoms with Gasteiger partial charge in [-0.05, 0) is 12.8 Å². The highest BCUT2D eigenvalue weighted by atomic mass is 79.9. The Hall–Kier alpha value is -0.120. The van der Waals surface area contributed by atoms with Crippen LogP contribution in [0.25, 0.3) is 0 Å². The molecule has 0 aliphatic rings. The molecule has 1 N–H and O–H groups in total. The van der Waals surface area contributed by atoms with Gasteiger partial charge in [0.2, 0.25) is 0 Å². The maximum absolute atomic E-state index is 12.6. The summed E-state index contributed by atoms with van der Waals surface area (Å²) in [6, 6.07) is 0. The summed E-state index contributed by atoms with van der Waals surface area (Å²) in [5, 5.41) is 8.67. The largest absolute Gasteiger partial charge is 0.481 e. The summed E-state index contributed by atoms with van der Waals surface area (Å²) in [6.07, 6.45) is 2.19. The minimum atomic E-state index is -0.783. The molecule has 0 aliphatic heterocycles. The lowest BCUT2D eigenvalue weighted by molar-refractivity contribution is -0.137. The van der Waals surface area contributed by atoms with Crippen molar-refractivity contribution in [2.75, 3.05) is 5.33 Å². The smallest absolute Gasteiger partial charge is 0.303 e. The van der Waals surface area contributed by atoms with Crippen LogP contribution in [0.15, 0.2) is 0 Å². The van der Waals surface area contributed by atoms with Gasteiger partial charge < -0.3 is 5.11 Å². The molecule has 0 saturated heterocycles. The van der Waals surface area contributed by atoms with E-state index in [0.29, 0.717) is 18.2 Å². The molecule has 0 rings (SSSR count). The molecule has 0 amide bonds. The number of halogens is 2. The van der Waals surface area contributed by atoms with E-state index >= 15 is 0 Å². The third kappa shape index (κ3) is 7.98. The Kier molecular flexibility index (Phi) is 7.45. The molecule has 0 aromatic heterocycles. The van der Waals surface area contributed by atoms with Crippen molar-refractivity contribution in [2.24, 2.45) is 0 Å². The first-order valence-corrected chi connectivity index (χ1v) is 5.20. The van der Waals surface area contributed by atoms with E-state index in [4.69, 9.17) is 5.11 Å². The van der Waals surface area contributed by atoms with Crippen molar-refractivity contribution in [1.29, 1.82) is 0 Å².